The monoisotopic (exact) mass is 377 g/mol. The summed E-state index contributed by atoms with van der Waals surface area (Å²) in [5.41, 5.74) is 3.18. The average Bonchev–Trinajstić information content (AvgIpc) is 2.74. The van der Waals surface area contributed by atoms with E-state index in [-0.39, 0.29) is 30.7 Å². The van der Waals surface area contributed by atoms with Crippen molar-refractivity contribution in [2.24, 2.45) is 0 Å². The molecule has 0 saturated carbocycles. The third-order valence-corrected chi connectivity index (χ3v) is 4.76. The molecule has 29 heavy (non-hydrogen) atoms. The normalized spacial score (nSPS) is 13.1. The van der Waals surface area contributed by atoms with Crippen molar-refractivity contribution in [3.05, 3.63) is 113 Å². The van der Waals surface area contributed by atoms with Gasteiger partial charge in [0.1, 0.15) is 0 Å². The van der Waals surface area contributed by atoms with Gasteiger partial charge in [0.2, 0.25) is 0 Å². The van der Waals surface area contributed by atoms with Gasteiger partial charge in [-0.15, -0.1) is 0 Å². The first-order chi connectivity index (χ1) is 13.6. The standard InChI is InChI=1S/C25H24NO2.Li/c1-26(2)24(25(28)21-14-7-4-8-15-21)22-16-10-9-11-19(22)17-18-23(27)20-12-5-3-6-13-20;/h3-18,24-25H,1-2H3;/q-1;+1/b18-17-;. The topological polar surface area (TPSA) is 43.4 Å². The minimum atomic E-state index is -0.935. The van der Waals surface area contributed by atoms with E-state index in [1.165, 1.54) is 0 Å². The van der Waals surface area contributed by atoms with E-state index in [9.17, 15) is 9.90 Å². The Hall–Kier alpha value is -2.41. The maximum absolute atomic E-state index is 13.2. The second kappa shape index (κ2) is 10.9. The number of carbonyl (C=O) groups is 1. The van der Waals surface area contributed by atoms with Gasteiger partial charge < -0.3 is 10.0 Å². The molecule has 3 aromatic carbocycles. The first-order valence-corrected chi connectivity index (χ1v) is 9.31. The fourth-order valence-electron chi connectivity index (χ4n) is 3.33. The number of ketones is 1. The molecule has 2 atom stereocenters. The molecule has 0 N–H and O–H groups in total. The maximum atomic E-state index is 13.2. The molecular formula is C25H24LiNO2. The van der Waals surface area contributed by atoms with Crippen LogP contribution < -0.4 is 24.0 Å². The largest absolute Gasteiger partial charge is 1.00 e. The fourth-order valence-corrected chi connectivity index (χ4v) is 3.33. The summed E-state index contributed by atoms with van der Waals surface area (Å²) in [5.74, 6) is -0.0569. The number of allylic oxidation sites excluding steroid dienone is 1. The Kier molecular flexibility index (Phi) is 8.64. The number of benzene rings is 3. The van der Waals surface area contributed by atoms with Crippen molar-refractivity contribution in [2.75, 3.05) is 14.1 Å². The molecule has 2 unspecified atom stereocenters. The summed E-state index contributed by atoms with van der Waals surface area (Å²) < 4.78 is 0. The van der Waals surface area contributed by atoms with Gasteiger partial charge in [0.15, 0.2) is 5.78 Å². The van der Waals surface area contributed by atoms with E-state index >= 15 is 0 Å². The summed E-state index contributed by atoms with van der Waals surface area (Å²) in [4.78, 5) is 14.4. The van der Waals surface area contributed by atoms with Crippen LogP contribution in [0, 0.1) is 0 Å². The quantitative estimate of drug-likeness (QED) is 0.354. The van der Waals surface area contributed by atoms with Crippen molar-refractivity contribution in [1.82, 2.24) is 4.90 Å². The van der Waals surface area contributed by atoms with Crippen LogP contribution in [0.2, 0.25) is 0 Å². The molecule has 0 bridgehead atoms. The Bertz CT molecular complexity index is 939. The molecule has 3 nitrogen and oxygen atoms in total. The van der Waals surface area contributed by atoms with Gasteiger partial charge in [-0.3, -0.25) is 4.79 Å². The summed E-state index contributed by atoms with van der Waals surface area (Å²) in [6.45, 7) is 0. The number of rotatable bonds is 7. The third kappa shape index (κ3) is 5.79. The summed E-state index contributed by atoms with van der Waals surface area (Å²) in [5, 5.41) is 13.2. The van der Waals surface area contributed by atoms with Crippen molar-refractivity contribution in [2.45, 2.75) is 12.1 Å². The predicted octanol–water partition coefficient (Wildman–Crippen LogP) is 1.29. The predicted molar refractivity (Wildman–Crippen MR) is 112 cm³/mol. The van der Waals surface area contributed by atoms with E-state index in [0.29, 0.717) is 5.56 Å². The Balaban J connectivity index is 0.00000300. The van der Waals surface area contributed by atoms with Crippen molar-refractivity contribution in [3.8, 4) is 0 Å². The van der Waals surface area contributed by atoms with Gasteiger partial charge in [-0.05, 0) is 31.3 Å². The second-order valence-corrected chi connectivity index (χ2v) is 6.93. The van der Waals surface area contributed by atoms with E-state index in [0.717, 1.165) is 16.7 Å². The molecule has 0 amide bonds. The van der Waals surface area contributed by atoms with Gasteiger partial charge in [0.05, 0.1) is 0 Å². The zero-order valence-corrected chi connectivity index (χ0v) is 17.2. The van der Waals surface area contributed by atoms with Gasteiger partial charge in [-0.1, -0.05) is 103 Å². The summed E-state index contributed by atoms with van der Waals surface area (Å²) in [7, 11) is 3.82. The molecule has 0 radical (unpaired) electrons. The first kappa shape index (κ1) is 22.9. The van der Waals surface area contributed by atoms with Gasteiger partial charge in [-0.2, -0.15) is 0 Å². The number of hydrogen-bond acceptors (Lipinski definition) is 3. The van der Waals surface area contributed by atoms with Crippen LogP contribution in [0.25, 0.3) is 6.08 Å². The van der Waals surface area contributed by atoms with Crippen LogP contribution in [0.15, 0.2) is 91.0 Å². The molecule has 3 aromatic rings. The number of hydrogen-bond donors (Lipinski definition) is 0. The molecule has 142 valence electrons. The Morgan fingerprint density at radius 1 is 0.862 bits per heavy atom. The first-order valence-electron chi connectivity index (χ1n) is 9.31. The average molecular weight is 377 g/mol. The molecule has 0 saturated heterocycles. The minimum Gasteiger partial charge on any atom is -0.847 e. The number of likely N-dealkylation sites (N-methyl/N-ethyl adjacent to an activating group) is 1. The fraction of sp³-hybridized carbons (Fsp3) is 0.160. The van der Waals surface area contributed by atoms with Crippen molar-refractivity contribution in [3.63, 3.8) is 0 Å². The Morgan fingerprint density at radius 3 is 2.03 bits per heavy atom. The van der Waals surface area contributed by atoms with Crippen molar-refractivity contribution >= 4 is 11.9 Å². The number of carbonyl (C=O) groups excluding carboxylic acids is 1. The van der Waals surface area contributed by atoms with E-state index < -0.39 is 6.10 Å². The van der Waals surface area contributed by atoms with Gasteiger partial charge in [0.25, 0.3) is 0 Å². The number of nitrogens with zero attached hydrogens (tertiary/aromatic N) is 1. The zero-order valence-electron chi connectivity index (χ0n) is 17.2. The molecule has 3 rings (SSSR count). The third-order valence-electron chi connectivity index (χ3n) is 4.76. The van der Waals surface area contributed by atoms with Gasteiger partial charge in [0, 0.05) is 11.6 Å². The van der Waals surface area contributed by atoms with Crippen LogP contribution in [-0.2, 0) is 0 Å². The van der Waals surface area contributed by atoms with Crippen molar-refractivity contribution < 1.29 is 28.8 Å². The van der Waals surface area contributed by atoms with E-state index in [1.54, 1.807) is 24.3 Å². The minimum absolute atomic E-state index is 0. The van der Waals surface area contributed by atoms with Crippen LogP contribution in [0.5, 0.6) is 0 Å². The smallest absolute Gasteiger partial charge is 0.847 e. The SMILES string of the molecule is CN(C)C(c1ccccc1/C=C\C(=O)c1ccccc1)C([O-])c1ccccc1.[Li+]. The van der Waals surface area contributed by atoms with E-state index in [2.05, 4.69) is 0 Å². The molecule has 0 aliphatic heterocycles. The van der Waals surface area contributed by atoms with E-state index in [4.69, 9.17) is 0 Å². The van der Waals surface area contributed by atoms with Crippen LogP contribution in [0.4, 0.5) is 0 Å². The van der Waals surface area contributed by atoms with Gasteiger partial charge in [-0.25, -0.2) is 0 Å². The molecule has 0 fully saturated rings. The molecule has 0 aliphatic carbocycles. The Morgan fingerprint density at radius 2 is 1.41 bits per heavy atom. The van der Waals surface area contributed by atoms with Gasteiger partial charge >= 0.3 is 18.9 Å². The van der Waals surface area contributed by atoms with Crippen molar-refractivity contribution in [1.29, 1.82) is 0 Å². The van der Waals surface area contributed by atoms with E-state index in [1.807, 2.05) is 91.8 Å². The second-order valence-electron chi connectivity index (χ2n) is 6.93. The maximum Gasteiger partial charge on any atom is 1.00 e. The van der Waals surface area contributed by atoms with Crippen LogP contribution in [0.3, 0.4) is 0 Å². The summed E-state index contributed by atoms with van der Waals surface area (Å²) in [6.07, 6.45) is 2.44. The van der Waals surface area contributed by atoms with Crippen LogP contribution in [-0.4, -0.2) is 24.8 Å². The summed E-state index contributed by atoms with van der Waals surface area (Å²) in [6, 6.07) is 26.0. The molecule has 0 spiro atoms. The van der Waals surface area contributed by atoms with Crippen LogP contribution >= 0.6 is 0 Å². The Labute approximate surface area is 184 Å². The molecular weight excluding hydrogens is 353 g/mol. The molecule has 0 heterocycles. The van der Waals surface area contributed by atoms with Crippen LogP contribution in [0.1, 0.15) is 39.2 Å². The zero-order chi connectivity index (χ0) is 19.9. The molecule has 4 heteroatoms. The molecule has 0 aromatic heterocycles. The summed E-state index contributed by atoms with van der Waals surface area (Å²) >= 11 is 0. The molecule has 0 aliphatic rings.